The van der Waals surface area contributed by atoms with Crippen LogP contribution in [0.25, 0.3) is 0 Å². The molecule has 0 radical (unpaired) electrons. The number of carbonyl (C=O) groups excluding carboxylic acids is 2. The van der Waals surface area contributed by atoms with Crippen LogP contribution in [0.15, 0.2) is 48.5 Å². The quantitative estimate of drug-likeness (QED) is 0.761. The Morgan fingerprint density at radius 2 is 1.69 bits per heavy atom. The second-order valence-corrected chi connectivity index (χ2v) is 6.55. The first-order valence-electron chi connectivity index (χ1n) is 8.08. The average Bonchev–Trinajstić information content (AvgIpc) is 2.85. The molecule has 0 aliphatic carbocycles. The topological polar surface area (TPSA) is 86.7 Å². The standard InChI is InChI=1S/C19H17ClN2O4/c20-14-5-1-13(2-6-14)11-22-17(23)10-16(19(22)26)21-15-7-3-12(4-8-15)9-18(24)25/h1-8,16,21H,9-11H2,(H,24,25)/t16-/m1/s1. The van der Waals surface area contributed by atoms with Crippen LogP contribution < -0.4 is 5.32 Å². The molecule has 1 atom stereocenters. The van der Waals surface area contributed by atoms with E-state index in [1.165, 1.54) is 4.90 Å². The molecule has 1 aliphatic heterocycles. The zero-order chi connectivity index (χ0) is 18.7. The minimum absolute atomic E-state index is 0.0595. The molecule has 1 fully saturated rings. The zero-order valence-corrected chi connectivity index (χ0v) is 14.6. The molecule has 134 valence electrons. The third-order valence-electron chi connectivity index (χ3n) is 4.15. The van der Waals surface area contributed by atoms with Crippen LogP contribution in [0.4, 0.5) is 5.69 Å². The third kappa shape index (κ3) is 4.21. The van der Waals surface area contributed by atoms with E-state index >= 15 is 0 Å². The molecular formula is C19H17ClN2O4. The Bertz CT molecular complexity index is 834. The number of benzene rings is 2. The van der Waals surface area contributed by atoms with E-state index in [4.69, 9.17) is 16.7 Å². The second-order valence-electron chi connectivity index (χ2n) is 6.11. The molecule has 2 N–H and O–H groups in total. The molecule has 26 heavy (non-hydrogen) atoms. The lowest BCUT2D eigenvalue weighted by Gasteiger charge is -2.16. The van der Waals surface area contributed by atoms with Gasteiger partial charge in [-0.25, -0.2) is 0 Å². The van der Waals surface area contributed by atoms with Crippen molar-refractivity contribution in [2.24, 2.45) is 0 Å². The van der Waals surface area contributed by atoms with Gasteiger partial charge in [0.15, 0.2) is 0 Å². The van der Waals surface area contributed by atoms with Crippen LogP contribution in [-0.2, 0) is 27.3 Å². The van der Waals surface area contributed by atoms with Gasteiger partial charge in [0.2, 0.25) is 5.91 Å². The maximum Gasteiger partial charge on any atom is 0.307 e. The summed E-state index contributed by atoms with van der Waals surface area (Å²) in [6.45, 7) is 0.213. The van der Waals surface area contributed by atoms with Crippen molar-refractivity contribution in [3.05, 3.63) is 64.7 Å². The summed E-state index contributed by atoms with van der Waals surface area (Å²) in [4.78, 5) is 36.7. The summed E-state index contributed by atoms with van der Waals surface area (Å²) in [6.07, 6.45) is 0.0271. The maximum atomic E-state index is 12.5. The summed E-state index contributed by atoms with van der Waals surface area (Å²) in [5, 5.41) is 12.4. The first kappa shape index (κ1) is 17.9. The van der Waals surface area contributed by atoms with Crippen molar-refractivity contribution in [3.63, 3.8) is 0 Å². The molecule has 6 nitrogen and oxygen atoms in total. The number of halogens is 1. The van der Waals surface area contributed by atoms with Crippen molar-refractivity contribution in [2.45, 2.75) is 25.4 Å². The van der Waals surface area contributed by atoms with Gasteiger partial charge in [0.1, 0.15) is 6.04 Å². The van der Waals surface area contributed by atoms with E-state index in [0.29, 0.717) is 16.3 Å². The first-order valence-corrected chi connectivity index (χ1v) is 8.46. The lowest BCUT2D eigenvalue weighted by atomic mass is 10.1. The Kier molecular flexibility index (Phi) is 5.23. The van der Waals surface area contributed by atoms with Crippen LogP contribution in [-0.4, -0.2) is 33.8 Å². The molecule has 1 saturated heterocycles. The normalized spacial score (nSPS) is 16.8. The number of anilines is 1. The van der Waals surface area contributed by atoms with Crippen LogP contribution in [0.1, 0.15) is 17.5 Å². The smallest absolute Gasteiger partial charge is 0.307 e. The van der Waals surface area contributed by atoms with Gasteiger partial charge in [-0.05, 0) is 35.4 Å². The largest absolute Gasteiger partial charge is 0.481 e. The first-order chi connectivity index (χ1) is 12.4. The maximum absolute atomic E-state index is 12.5. The highest BCUT2D eigenvalue weighted by Crippen LogP contribution is 2.21. The van der Waals surface area contributed by atoms with E-state index in [0.717, 1.165) is 5.56 Å². The number of carboxylic acid groups (broad SMARTS) is 1. The van der Waals surface area contributed by atoms with Crippen LogP contribution in [0.2, 0.25) is 5.02 Å². The molecule has 2 amide bonds. The summed E-state index contributed by atoms with van der Waals surface area (Å²) >= 11 is 5.85. The van der Waals surface area contributed by atoms with Gasteiger partial charge in [-0.1, -0.05) is 35.9 Å². The molecule has 0 bridgehead atoms. The fourth-order valence-electron chi connectivity index (χ4n) is 2.83. The molecule has 0 aromatic heterocycles. The predicted octanol–water partition coefficient (Wildman–Crippen LogP) is 2.71. The Balaban J connectivity index is 1.64. The van der Waals surface area contributed by atoms with Gasteiger partial charge >= 0.3 is 5.97 Å². The molecular weight excluding hydrogens is 356 g/mol. The highest BCUT2D eigenvalue weighted by Gasteiger charge is 2.38. The van der Waals surface area contributed by atoms with Crippen molar-refractivity contribution < 1.29 is 19.5 Å². The number of rotatable bonds is 6. The van der Waals surface area contributed by atoms with Gasteiger partial charge < -0.3 is 10.4 Å². The van der Waals surface area contributed by atoms with Crippen molar-refractivity contribution in [1.29, 1.82) is 0 Å². The van der Waals surface area contributed by atoms with Crippen molar-refractivity contribution in [3.8, 4) is 0 Å². The lowest BCUT2D eigenvalue weighted by Crippen LogP contribution is -2.34. The number of hydrogen-bond donors (Lipinski definition) is 2. The molecule has 2 aromatic carbocycles. The summed E-state index contributed by atoms with van der Waals surface area (Å²) in [7, 11) is 0. The van der Waals surface area contributed by atoms with Gasteiger partial charge in [-0.3, -0.25) is 19.3 Å². The number of aliphatic carboxylic acids is 1. The van der Waals surface area contributed by atoms with Crippen molar-refractivity contribution >= 4 is 35.1 Å². The molecule has 0 unspecified atom stereocenters. The van der Waals surface area contributed by atoms with E-state index in [1.807, 2.05) is 0 Å². The Hall–Kier alpha value is -2.86. The van der Waals surface area contributed by atoms with Gasteiger partial charge in [-0.15, -0.1) is 0 Å². The summed E-state index contributed by atoms with van der Waals surface area (Å²) in [5.74, 6) is -1.41. The van der Waals surface area contributed by atoms with Crippen molar-refractivity contribution in [2.75, 3.05) is 5.32 Å². The summed E-state index contributed by atoms with van der Waals surface area (Å²) in [5.41, 5.74) is 2.16. The Labute approximate surface area is 155 Å². The van der Waals surface area contributed by atoms with Gasteiger partial charge in [-0.2, -0.15) is 0 Å². The Morgan fingerprint density at radius 3 is 2.31 bits per heavy atom. The molecule has 7 heteroatoms. The van der Waals surface area contributed by atoms with E-state index in [1.54, 1.807) is 48.5 Å². The predicted molar refractivity (Wildman–Crippen MR) is 96.8 cm³/mol. The van der Waals surface area contributed by atoms with E-state index < -0.39 is 12.0 Å². The third-order valence-corrected chi connectivity index (χ3v) is 4.40. The Morgan fingerprint density at radius 1 is 1.08 bits per heavy atom. The van der Waals surface area contributed by atoms with E-state index in [9.17, 15) is 14.4 Å². The number of imide groups is 1. The number of amides is 2. The van der Waals surface area contributed by atoms with E-state index in [-0.39, 0.29) is 31.2 Å². The number of nitrogens with one attached hydrogen (secondary N) is 1. The number of likely N-dealkylation sites (tertiary alicyclic amines) is 1. The fourth-order valence-corrected chi connectivity index (χ4v) is 2.96. The monoisotopic (exact) mass is 372 g/mol. The number of nitrogens with zero attached hydrogens (tertiary/aromatic N) is 1. The van der Waals surface area contributed by atoms with Gasteiger partial charge in [0, 0.05) is 10.7 Å². The lowest BCUT2D eigenvalue weighted by molar-refractivity contribution is -0.139. The second kappa shape index (κ2) is 7.58. The molecule has 0 saturated carbocycles. The number of carbonyl (C=O) groups is 3. The van der Waals surface area contributed by atoms with Crippen LogP contribution in [0.5, 0.6) is 0 Å². The highest BCUT2D eigenvalue weighted by molar-refractivity contribution is 6.30. The zero-order valence-electron chi connectivity index (χ0n) is 13.8. The molecule has 0 spiro atoms. The number of carboxylic acids is 1. The van der Waals surface area contributed by atoms with Crippen LogP contribution in [0, 0.1) is 0 Å². The summed E-state index contributed by atoms with van der Waals surface area (Å²) in [6, 6.07) is 13.2. The molecule has 2 aromatic rings. The molecule has 1 heterocycles. The van der Waals surface area contributed by atoms with Crippen LogP contribution in [0.3, 0.4) is 0 Å². The highest BCUT2D eigenvalue weighted by atomic mass is 35.5. The molecule has 1 aliphatic rings. The van der Waals surface area contributed by atoms with Gasteiger partial charge in [0.25, 0.3) is 5.91 Å². The summed E-state index contributed by atoms with van der Waals surface area (Å²) < 4.78 is 0. The minimum Gasteiger partial charge on any atom is -0.481 e. The van der Waals surface area contributed by atoms with Crippen molar-refractivity contribution in [1.82, 2.24) is 4.90 Å². The minimum atomic E-state index is -0.903. The van der Waals surface area contributed by atoms with Crippen LogP contribution >= 0.6 is 11.6 Å². The number of hydrogen-bond acceptors (Lipinski definition) is 4. The van der Waals surface area contributed by atoms with Gasteiger partial charge in [0.05, 0.1) is 19.4 Å². The average molecular weight is 373 g/mol. The SMILES string of the molecule is O=C(O)Cc1ccc(N[C@@H]2CC(=O)N(Cc3ccc(Cl)cc3)C2=O)cc1. The molecule has 3 rings (SSSR count). The van der Waals surface area contributed by atoms with E-state index in [2.05, 4.69) is 5.32 Å². The fraction of sp³-hybridized carbons (Fsp3) is 0.211.